The van der Waals surface area contributed by atoms with Crippen molar-refractivity contribution in [3.63, 3.8) is 0 Å². The number of hydrogen-bond acceptors (Lipinski definition) is 0. The first-order chi connectivity index (χ1) is 22.9. The largest absolute Gasteiger partial charge is 0.101 e. The Labute approximate surface area is 293 Å². The highest BCUT2D eigenvalue weighted by atomic mass is 14.2. The summed E-state index contributed by atoms with van der Waals surface area (Å²) in [5.41, 5.74) is 16.8. The van der Waals surface area contributed by atoms with E-state index in [4.69, 9.17) is 0 Å². The fourth-order valence-electron chi connectivity index (χ4n) is 5.62. The van der Waals surface area contributed by atoms with Crippen molar-refractivity contribution in [3.05, 3.63) is 89.2 Å². The van der Waals surface area contributed by atoms with E-state index in [2.05, 4.69) is 150 Å². The molecule has 0 N–H and O–H groups in total. The Morgan fingerprint density at radius 3 is 0.521 bits per heavy atom. The fraction of sp³-hybridized carbons (Fsp3) is 0.333. The first kappa shape index (κ1) is 40.4. The van der Waals surface area contributed by atoms with Crippen LogP contribution in [0.25, 0.3) is 0 Å². The summed E-state index contributed by atoms with van der Waals surface area (Å²) in [4.78, 5) is 0. The van der Waals surface area contributed by atoms with Gasteiger partial charge in [-0.2, -0.15) is 0 Å². The lowest BCUT2D eigenvalue weighted by Gasteiger charge is -2.19. The van der Waals surface area contributed by atoms with Gasteiger partial charge in [0.2, 0.25) is 0 Å². The molecule has 2 aliphatic carbocycles. The summed E-state index contributed by atoms with van der Waals surface area (Å²) in [6.45, 7) is 31.5. The van der Waals surface area contributed by atoms with E-state index in [1.807, 2.05) is 55.4 Å². The molecular weight excluding hydrogens is 577 g/mol. The second-order valence-electron chi connectivity index (χ2n) is 11.0. The summed E-state index contributed by atoms with van der Waals surface area (Å²) >= 11 is 0. The van der Waals surface area contributed by atoms with Crippen LogP contribution in [0.15, 0.2) is 89.2 Å². The van der Waals surface area contributed by atoms with E-state index in [0.29, 0.717) is 0 Å². The SMILES string of the molecule is CC#CC1=C(C)/C(C#CC)=C(C)\C(C#CC)=C(\C#CC)C(C)=C1C.CC#CC1=C(C)/C(C#CC)=C(C)\C(C#CC)=C(\C)C(C#CC)=C1C. The topological polar surface area (TPSA) is 0 Å². The molecule has 0 fully saturated rings. The predicted molar refractivity (Wildman–Crippen MR) is 209 cm³/mol. The first-order valence-electron chi connectivity index (χ1n) is 16.0. The van der Waals surface area contributed by atoms with E-state index in [-0.39, 0.29) is 0 Å². The first-order valence-corrected chi connectivity index (χ1v) is 16.0. The van der Waals surface area contributed by atoms with Crippen molar-refractivity contribution >= 4 is 0 Å². The summed E-state index contributed by atoms with van der Waals surface area (Å²) in [6, 6.07) is 0. The Kier molecular flexibility index (Phi) is 16.7. The molecule has 0 saturated carbocycles. The van der Waals surface area contributed by atoms with Gasteiger partial charge < -0.3 is 0 Å². The second-order valence-corrected chi connectivity index (χ2v) is 11.0. The van der Waals surface area contributed by atoms with Crippen molar-refractivity contribution in [2.45, 2.75) is 111 Å². The molecule has 0 radical (unpaired) electrons. The summed E-state index contributed by atoms with van der Waals surface area (Å²) in [5, 5.41) is 0. The van der Waals surface area contributed by atoms with Gasteiger partial charge >= 0.3 is 0 Å². The molecule has 0 aromatic carbocycles. The standard InChI is InChI=1S/2C24H24/c1-9-13-21-17(5)22(14-10-2)19(7)24(16-12-4)20(8)23(15-11-3)18(21)6;1-9-13-21-17(5)18(6)23(15-11-3)24(16-12-4)20(8)22(14-10-2)19(21)7/h2*1-8H3/b21-17-,21-18?,22-17?,22-19-,23-18?,23-20?,24-19?,24-20?;18-17?,21-17?,21-19?,22-19?,22-20-,23-18?,24-20?,24-23-. The van der Waals surface area contributed by atoms with Crippen LogP contribution in [0.3, 0.4) is 0 Å². The predicted octanol–water partition coefficient (Wildman–Crippen LogP) is 10.7. The van der Waals surface area contributed by atoms with Crippen LogP contribution < -0.4 is 0 Å². The van der Waals surface area contributed by atoms with Gasteiger partial charge in [-0.25, -0.2) is 0 Å². The molecule has 0 heteroatoms. The Morgan fingerprint density at radius 1 is 0.188 bits per heavy atom. The van der Waals surface area contributed by atoms with Gasteiger partial charge in [0.05, 0.1) is 0 Å². The van der Waals surface area contributed by atoms with Gasteiger partial charge in [-0.1, -0.05) is 47.4 Å². The minimum atomic E-state index is 0.962. The fourth-order valence-corrected chi connectivity index (χ4v) is 5.62. The van der Waals surface area contributed by atoms with Crippen molar-refractivity contribution in [1.29, 1.82) is 0 Å². The second kappa shape index (κ2) is 19.8. The summed E-state index contributed by atoms with van der Waals surface area (Å²) in [7, 11) is 0. The van der Waals surface area contributed by atoms with E-state index in [0.717, 1.165) is 89.2 Å². The highest BCUT2D eigenvalue weighted by Crippen LogP contribution is 2.35. The van der Waals surface area contributed by atoms with Crippen LogP contribution >= 0.6 is 0 Å². The molecule has 2 aliphatic rings. The Balaban J connectivity index is 0.000000480. The third-order valence-electron chi connectivity index (χ3n) is 8.06. The number of hydrogen-bond donors (Lipinski definition) is 0. The number of allylic oxidation sites excluding steroid dienone is 16. The Morgan fingerprint density at radius 2 is 0.312 bits per heavy atom. The maximum absolute atomic E-state index is 3.26. The quantitative estimate of drug-likeness (QED) is 0.235. The molecule has 0 aromatic rings. The van der Waals surface area contributed by atoms with Crippen LogP contribution in [0.4, 0.5) is 0 Å². The molecule has 0 amide bonds. The van der Waals surface area contributed by atoms with E-state index in [1.165, 1.54) is 0 Å². The maximum Gasteiger partial charge on any atom is 0.0446 e. The lowest BCUT2D eigenvalue weighted by Crippen LogP contribution is -2.05. The molecule has 0 nitrogen and oxygen atoms in total. The van der Waals surface area contributed by atoms with E-state index < -0.39 is 0 Å². The monoisotopic (exact) mass is 624 g/mol. The van der Waals surface area contributed by atoms with Crippen molar-refractivity contribution in [2.75, 3.05) is 0 Å². The molecule has 240 valence electrons. The van der Waals surface area contributed by atoms with Gasteiger partial charge in [0, 0.05) is 44.6 Å². The van der Waals surface area contributed by atoms with Gasteiger partial charge in [0.15, 0.2) is 0 Å². The average Bonchev–Trinajstić information content (AvgIpc) is 3.07. The minimum absolute atomic E-state index is 0.962. The molecule has 0 aromatic heterocycles. The molecule has 0 aliphatic heterocycles. The summed E-state index contributed by atoms with van der Waals surface area (Å²) in [6.07, 6.45) is 0. The molecule has 0 atom stereocenters. The zero-order valence-electron chi connectivity index (χ0n) is 32.0. The average molecular weight is 625 g/mol. The molecule has 0 bridgehead atoms. The zero-order chi connectivity index (χ0) is 36.6. The van der Waals surface area contributed by atoms with Crippen molar-refractivity contribution in [2.24, 2.45) is 0 Å². The number of rotatable bonds is 0. The smallest absolute Gasteiger partial charge is 0.0446 e. The lowest BCUT2D eigenvalue weighted by molar-refractivity contribution is 1.21. The molecule has 48 heavy (non-hydrogen) atoms. The zero-order valence-corrected chi connectivity index (χ0v) is 32.0. The van der Waals surface area contributed by atoms with Crippen LogP contribution in [0.1, 0.15) is 111 Å². The molecule has 0 heterocycles. The van der Waals surface area contributed by atoms with Crippen LogP contribution in [-0.2, 0) is 0 Å². The third-order valence-corrected chi connectivity index (χ3v) is 8.06. The third kappa shape index (κ3) is 9.24. The Bertz CT molecular complexity index is 1980. The Hall–Kier alpha value is -5.60. The minimum Gasteiger partial charge on any atom is -0.101 e. The highest BCUT2D eigenvalue weighted by molar-refractivity contribution is 5.73. The van der Waals surface area contributed by atoms with Crippen LogP contribution in [0.2, 0.25) is 0 Å². The summed E-state index contributed by atoms with van der Waals surface area (Å²) < 4.78 is 0. The van der Waals surface area contributed by atoms with Crippen LogP contribution in [-0.4, -0.2) is 0 Å². The van der Waals surface area contributed by atoms with Crippen molar-refractivity contribution in [1.82, 2.24) is 0 Å². The molecule has 2 rings (SSSR count). The normalized spacial score (nSPS) is 20.3. The highest BCUT2D eigenvalue weighted by Gasteiger charge is 2.21. The lowest BCUT2D eigenvalue weighted by atomic mass is 9.83. The van der Waals surface area contributed by atoms with E-state index in [9.17, 15) is 0 Å². The molecule has 0 spiro atoms. The molecular formula is C48H48. The van der Waals surface area contributed by atoms with Gasteiger partial charge in [-0.15, -0.1) is 47.4 Å². The van der Waals surface area contributed by atoms with Gasteiger partial charge in [-0.05, 0) is 155 Å². The maximum atomic E-state index is 3.26. The van der Waals surface area contributed by atoms with Crippen molar-refractivity contribution < 1.29 is 0 Å². The molecule has 0 saturated heterocycles. The summed E-state index contributed by atoms with van der Waals surface area (Å²) in [5.74, 6) is 50.3. The van der Waals surface area contributed by atoms with E-state index in [1.54, 1.807) is 0 Å². The van der Waals surface area contributed by atoms with Gasteiger partial charge in [0.25, 0.3) is 0 Å². The van der Waals surface area contributed by atoms with Crippen LogP contribution in [0, 0.1) is 94.7 Å². The molecule has 0 unspecified atom stereocenters. The van der Waals surface area contributed by atoms with Crippen molar-refractivity contribution in [3.8, 4) is 94.7 Å². The van der Waals surface area contributed by atoms with Crippen LogP contribution in [0.5, 0.6) is 0 Å². The van der Waals surface area contributed by atoms with Gasteiger partial charge in [-0.3, -0.25) is 0 Å². The van der Waals surface area contributed by atoms with E-state index >= 15 is 0 Å². The van der Waals surface area contributed by atoms with Gasteiger partial charge in [0.1, 0.15) is 0 Å².